The van der Waals surface area contributed by atoms with E-state index in [2.05, 4.69) is 21.2 Å². The molecular formula is C14H11BrClNO2. The summed E-state index contributed by atoms with van der Waals surface area (Å²) in [6, 6.07) is 12.1. The van der Waals surface area contributed by atoms with E-state index < -0.39 is 0 Å². The molecule has 0 aliphatic carbocycles. The van der Waals surface area contributed by atoms with Crippen LogP contribution in [0.4, 0.5) is 5.69 Å². The van der Waals surface area contributed by atoms with Crippen LogP contribution in [-0.2, 0) is 6.61 Å². The van der Waals surface area contributed by atoms with E-state index in [1.807, 2.05) is 0 Å². The van der Waals surface area contributed by atoms with E-state index in [4.69, 9.17) is 11.6 Å². The Bertz CT molecular complexity index is 616. The van der Waals surface area contributed by atoms with Gasteiger partial charge in [-0.1, -0.05) is 29.8 Å². The zero-order valence-electron chi connectivity index (χ0n) is 9.86. The van der Waals surface area contributed by atoms with Gasteiger partial charge >= 0.3 is 0 Å². The van der Waals surface area contributed by atoms with E-state index in [0.717, 1.165) is 0 Å². The van der Waals surface area contributed by atoms with Crippen molar-refractivity contribution in [3.63, 3.8) is 0 Å². The van der Waals surface area contributed by atoms with Crippen molar-refractivity contribution in [3.8, 4) is 0 Å². The molecule has 19 heavy (non-hydrogen) atoms. The number of amides is 1. The number of aliphatic hydroxyl groups is 1. The molecule has 0 aliphatic heterocycles. The van der Waals surface area contributed by atoms with E-state index in [1.165, 1.54) is 0 Å². The molecule has 3 nitrogen and oxygen atoms in total. The topological polar surface area (TPSA) is 49.3 Å². The first kappa shape index (κ1) is 14.1. The Balaban J connectivity index is 2.23. The van der Waals surface area contributed by atoms with E-state index >= 15 is 0 Å². The molecule has 1 amide bonds. The van der Waals surface area contributed by atoms with Gasteiger partial charge in [0, 0.05) is 21.3 Å². The predicted octanol–water partition coefficient (Wildman–Crippen LogP) is 3.85. The molecular weight excluding hydrogens is 330 g/mol. The van der Waals surface area contributed by atoms with E-state index in [0.29, 0.717) is 26.3 Å². The summed E-state index contributed by atoms with van der Waals surface area (Å²) in [5, 5.41) is 12.5. The molecule has 0 spiro atoms. The minimum Gasteiger partial charge on any atom is -0.392 e. The van der Waals surface area contributed by atoms with Crippen LogP contribution in [0.1, 0.15) is 15.9 Å². The fourth-order valence-electron chi connectivity index (χ4n) is 1.61. The second-order valence-electron chi connectivity index (χ2n) is 3.90. The predicted molar refractivity (Wildman–Crippen MR) is 79.5 cm³/mol. The molecule has 0 unspecified atom stereocenters. The van der Waals surface area contributed by atoms with Crippen molar-refractivity contribution in [2.45, 2.75) is 6.61 Å². The lowest BCUT2D eigenvalue weighted by molar-refractivity contribution is 0.102. The Kier molecular flexibility index (Phi) is 4.58. The Morgan fingerprint density at radius 1 is 1.26 bits per heavy atom. The quantitative estimate of drug-likeness (QED) is 0.891. The molecule has 2 rings (SSSR count). The molecule has 5 heteroatoms. The van der Waals surface area contributed by atoms with Crippen LogP contribution < -0.4 is 5.32 Å². The number of aliphatic hydroxyl groups excluding tert-OH is 1. The van der Waals surface area contributed by atoms with Crippen LogP contribution in [0.3, 0.4) is 0 Å². The van der Waals surface area contributed by atoms with Gasteiger partial charge in [-0.3, -0.25) is 4.79 Å². The van der Waals surface area contributed by atoms with Gasteiger partial charge in [0.05, 0.1) is 11.6 Å². The third kappa shape index (κ3) is 3.35. The fourth-order valence-corrected chi connectivity index (χ4v) is 2.11. The van der Waals surface area contributed by atoms with Gasteiger partial charge in [0.15, 0.2) is 0 Å². The Labute approximate surface area is 124 Å². The monoisotopic (exact) mass is 339 g/mol. The lowest BCUT2D eigenvalue weighted by atomic mass is 10.1. The van der Waals surface area contributed by atoms with Crippen molar-refractivity contribution in [3.05, 3.63) is 63.1 Å². The van der Waals surface area contributed by atoms with Gasteiger partial charge in [-0.15, -0.1) is 0 Å². The highest BCUT2D eigenvalue weighted by Crippen LogP contribution is 2.24. The number of hydrogen-bond acceptors (Lipinski definition) is 2. The van der Waals surface area contributed by atoms with Gasteiger partial charge in [0.1, 0.15) is 0 Å². The van der Waals surface area contributed by atoms with Gasteiger partial charge in [-0.2, -0.15) is 0 Å². The number of benzene rings is 2. The van der Waals surface area contributed by atoms with Crippen molar-refractivity contribution >= 4 is 39.1 Å². The molecule has 0 heterocycles. The second kappa shape index (κ2) is 6.19. The molecule has 2 N–H and O–H groups in total. The number of para-hydroxylation sites is 1. The third-order valence-electron chi connectivity index (χ3n) is 2.62. The van der Waals surface area contributed by atoms with Crippen LogP contribution >= 0.6 is 27.5 Å². The van der Waals surface area contributed by atoms with Gasteiger partial charge in [-0.05, 0) is 40.2 Å². The summed E-state index contributed by atoms with van der Waals surface area (Å²) in [5.74, 6) is -0.252. The average Bonchev–Trinajstić information content (AvgIpc) is 2.42. The molecule has 0 aliphatic rings. The first-order valence-corrected chi connectivity index (χ1v) is 6.74. The normalized spacial score (nSPS) is 10.3. The molecule has 0 saturated carbocycles. The van der Waals surface area contributed by atoms with E-state index in [1.54, 1.807) is 42.5 Å². The Morgan fingerprint density at radius 2 is 2.00 bits per heavy atom. The number of nitrogens with one attached hydrogen (secondary N) is 1. The van der Waals surface area contributed by atoms with Crippen LogP contribution in [0, 0.1) is 0 Å². The second-order valence-corrected chi connectivity index (χ2v) is 5.16. The summed E-state index contributed by atoms with van der Waals surface area (Å²) in [6.07, 6.45) is 0. The number of hydrogen-bond donors (Lipinski definition) is 2. The summed E-state index contributed by atoms with van der Waals surface area (Å²) < 4.78 is 0.664. The van der Waals surface area contributed by atoms with E-state index in [-0.39, 0.29) is 12.5 Å². The lowest BCUT2D eigenvalue weighted by Gasteiger charge is -2.09. The fraction of sp³-hybridized carbons (Fsp3) is 0.0714. The minimum atomic E-state index is -0.252. The number of carbonyl (C=O) groups excluding carboxylic acids is 1. The number of halogens is 2. The number of carbonyl (C=O) groups is 1. The largest absolute Gasteiger partial charge is 0.392 e. The lowest BCUT2D eigenvalue weighted by Crippen LogP contribution is -2.13. The zero-order chi connectivity index (χ0) is 13.8. The number of anilines is 1. The van der Waals surface area contributed by atoms with Gasteiger partial charge < -0.3 is 10.4 Å². The smallest absolute Gasteiger partial charge is 0.255 e. The summed E-state index contributed by atoms with van der Waals surface area (Å²) in [6.45, 7) is -0.124. The highest BCUT2D eigenvalue weighted by atomic mass is 79.9. The average molecular weight is 341 g/mol. The van der Waals surface area contributed by atoms with Crippen molar-refractivity contribution < 1.29 is 9.90 Å². The van der Waals surface area contributed by atoms with Crippen LogP contribution in [0.5, 0.6) is 0 Å². The summed E-state index contributed by atoms with van der Waals surface area (Å²) in [4.78, 5) is 12.1. The van der Waals surface area contributed by atoms with Crippen molar-refractivity contribution in [2.24, 2.45) is 0 Å². The van der Waals surface area contributed by atoms with Gasteiger partial charge in [-0.25, -0.2) is 0 Å². The standard InChI is InChI=1S/C14H11BrClNO2/c15-11-7-9(5-6-12(11)16)14(19)17-13-4-2-1-3-10(13)8-18/h1-7,18H,8H2,(H,17,19). The molecule has 0 saturated heterocycles. The van der Waals surface area contributed by atoms with Gasteiger partial charge in [0.2, 0.25) is 0 Å². The maximum absolute atomic E-state index is 12.1. The van der Waals surface area contributed by atoms with Crippen molar-refractivity contribution in [1.29, 1.82) is 0 Å². The summed E-state index contributed by atoms with van der Waals surface area (Å²) >= 11 is 9.16. The maximum atomic E-state index is 12.1. The maximum Gasteiger partial charge on any atom is 0.255 e. The minimum absolute atomic E-state index is 0.124. The highest BCUT2D eigenvalue weighted by molar-refractivity contribution is 9.10. The first-order valence-electron chi connectivity index (χ1n) is 5.57. The molecule has 0 fully saturated rings. The third-order valence-corrected chi connectivity index (χ3v) is 3.83. The van der Waals surface area contributed by atoms with Crippen LogP contribution in [0.2, 0.25) is 5.02 Å². The zero-order valence-corrected chi connectivity index (χ0v) is 12.2. The van der Waals surface area contributed by atoms with Crippen LogP contribution in [0.25, 0.3) is 0 Å². The summed E-state index contributed by atoms with van der Waals surface area (Å²) in [5.41, 5.74) is 1.76. The number of rotatable bonds is 3. The van der Waals surface area contributed by atoms with Crippen molar-refractivity contribution in [1.82, 2.24) is 0 Å². The molecule has 0 bridgehead atoms. The SMILES string of the molecule is O=C(Nc1ccccc1CO)c1ccc(Cl)c(Br)c1. The summed E-state index contributed by atoms with van der Waals surface area (Å²) in [7, 11) is 0. The molecule has 98 valence electrons. The molecule has 2 aromatic carbocycles. The molecule has 0 radical (unpaired) electrons. The van der Waals surface area contributed by atoms with Gasteiger partial charge in [0.25, 0.3) is 5.91 Å². The van der Waals surface area contributed by atoms with Crippen LogP contribution in [0.15, 0.2) is 46.9 Å². The molecule has 0 aromatic heterocycles. The Hall–Kier alpha value is -1.36. The molecule has 2 aromatic rings. The van der Waals surface area contributed by atoms with Crippen molar-refractivity contribution in [2.75, 3.05) is 5.32 Å². The first-order chi connectivity index (χ1) is 9.11. The van der Waals surface area contributed by atoms with Crippen LogP contribution in [-0.4, -0.2) is 11.0 Å². The highest BCUT2D eigenvalue weighted by Gasteiger charge is 2.10. The Morgan fingerprint density at radius 3 is 2.68 bits per heavy atom. The molecule has 0 atom stereocenters. The van der Waals surface area contributed by atoms with E-state index in [9.17, 15) is 9.90 Å².